The zero-order chi connectivity index (χ0) is 18.6. The van der Waals surface area contributed by atoms with Crippen molar-refractivity contribution in [3.05, 3.63) is 82.8 Å². The van der Waals surface area contributed by atoms with Crippen LogP contribution >= 0.6 is 0 Å². The Balaban J connectivity index is 1.45. The Kier molecular flexibility index (Phi) is 4.44. The molecule has 2 N–H and O–H groups in total. The molecular formula is C19H16N6O2. The first-order chi connectivity index (χ1) is 13.2. The van der Waals surface area contributed by atoms with Crippen molar-refractivity contribution in [2.45, 2.75) is 13.0 Å². The summed E-state index contributed by atoms with van der Waals surface area (Å²) < 4.78 is 1.72. The molecule has 8 heteroatoms. The van der Waals surface area contributed by atoms with Crippen LogP contribution in [0.3, 0.4) is 0 Å². The second-order valence-electron chi connectivity index (χ2n) is 6.06. The maximum absolute atomic E-state index is 12.4. The van der Waals surface area contributed by atoms with Gasteiger partial charge in [-0.2, -0.15) is 10.2 Å². The van der Waals surface area contributed by atoms with Crippen LogP contribution in [0.2, 0.25) is 0 Å². The zero-order valence-corrected chi connectivity index (χ0v) is 14.3. The summed E-state index contributed by atoms with van der Waals surface area (Å²) in [6, 6.07) is 14.6. The molecule has 0 aliphatic heterocycles. The van der Waals surface area contributed by atoms with Gasteiger partial charge in [-0.05, 0) is 23.8 Å². The van der Waals surface area contributed by atoms with E-state index in [-0.39, 0.29) is 17.9 Å². The van der Waals surface area contributed by atoms with E-state index in [1.807, 2.05) is 30.3 Å². The Morgan fingerprint density at radius 1 is 1.07 bits per heavy atom. The minimum absolute atomic E-state index is 0.0675. The lowest BCUT2D eigenvalue weighted by Crippen LogP contribution is -2.18. The van der Waals surface area contributed by atoms with Crippen molar-refractivity contribution in [3.63, 3.8) is 0 Å². The number of carbonyl (C=O) groups excluding carboxylic acids is 1. The van der Waals surface area contributed by atoms with Crippen LogP contribution in [0.15, 0.2) is 66.0 Å². The fraction of sp³-hybridized carbons (Fsp3) is 0.105. The first-order valence-corrected chi connectivity index (χ1v) is 8.36. The predicted molar refractivity (Wildman–Crippen MR) is 100 cm³/mol. The highest BCUT2D eigenvalue weighted by molar-refractivity contribution is 5.95. The van der Waals surface area contributed by atoms with Gasteiger partial charge in [0.15, 0.2) is 0 Å². The van der Waals surface area contributed by atoms with E-state index in [9.17, 15) is 9.59 Å². The van der Waals surface area contributed by atoms with Gasteiger partial charge in [0.1, 0.15) is 12.7 Å². The number of carbonyl (C=O) groups is 1. The largest absolute Gasteiger partial charge is 0.326 e. The zero-order valence-electron chi connectivity index (χ0n) is 14.3. The van der Waals surface area contributed by atoms with E-state index in [0.717, 1.165) is 5.56 Å². The van der Waals surface area contributed by atoms with Crippen LogP contribution in [-0.2, 0) is 17.8 Å². The molecule has 0 atom stereocenters. The maximum atomic E-state index is 12.4. The lowest BCUT2D eigenvalue weighted by Gasteiger charge is -2.08. The van der Waals surface area contributed by atoms with Gasteiger partial charge in [-0.1, -0.05) is 30.3 Å². The molecule has 134 valence electrons. The predicted octanol–water partition coefficient (Wildman–Crippen LogP) is 1.74. The Bertz CT molecular complexity index is 1130. The number of rotatable bonds is 5. The standard InChI is InChI=1S/C19H16N6O2/c26-18(9-17-15-3-1-2-4-16(15)19(27)24-23-17)22-14-7-5-13(6-8-14)10-25-12-20-11-21-25/h1-8,11-12H,9-10H2,(H,22,26)(H,24,27). The van der Waals surface area contributed by atoms with Crippen LogP contribution in [0.1, 0.15) is 11.3 Å². The van der Waals surface area contributed by atoms with E-state index >= 15 is 0 Å². The van der Waals surface area contributed by atoms with Crippen molar-refractivity contribution >= 4 is 22.4 Å². The van der Waals surface area contributed by atoms with Gasteiger partial charge >= 0.3 is 0 Å². The molecule has 0 unspecified atom stereocenters. The molecule has 2 aromatic carbocycles. The molecule has 8 nitrogen and oxygen atoms in total. The molecule has 0 aliphatic carbocycles. The monoisotopic (exact) mass is 360 g/mol. The van der Waals surface area contributed by atoms with Crippen molar-refractivity contribution in [1.82, 2.24) is 25.0 Å². The van der Waals surface area contributed by atoms with E-state index < -0.39 is 0 Å². The second kappa shape index (κ2) is 7.20. The lowest BCUT2D eigenvalue weighted by atomic mass is 10.1. The summed E-state index contributed by atoms with van der Waals surface area (Å²) >= 11 is 0. The molecule has 0 fully saturated rings. The number of benzene rings is 2. The molecule has 0 aliphatic rings. The number of nitrogens with zero attached hydrogens (tertiary/aromatic N) is 4. The van der Waals surface area contributed by atoms with Crippen molar-refractivity contribution in [2.24, 2.45) is 0 Å². The number of aromatic nitrogens is 5. The molecule has 4 aromatic rings. The summed E-state index contributed by atoms with van der Waals surface area (Å²) in [5.41, 5.74) is 2.01. The molecule has 2 heterocycles. The molecule has 2 aromatic heterocycles. The van der Waals surface area contributed by atoms with Crippen molar-refractivity contribution in [1.29, 1.82) is 0 Å². The fourth-order valence-electron chi connectivity index (χ4n) is 2.86. The van der Waals surface area contributed by atoms with Crippen LogP contribution in [0, 0.1) is 0 Å². The van der Waals surface area contributed by atoms with Gasteiger partial charge in [0, 0.05) is 11.1 Å². The van der Waals surface area contributed by atoms with Crippen LogP contribution in [0.4, 0.5) is 5.69 Å². The Morgan fingerprint density at radius 2 is 1.85 bits per heavy atom. The Labute approximate surface area is 153 Å². The molecule has 0 saturated heterocycles. The number of H-pyrrole nitrogens is 1. The van der Waals surface area contributed by atoms with Crippen LogP contribution in [0.5, 0.6) is 0 Å². The van der Waals surface area contributed by atoms with Crippen molar-refractivity contribution in [2.75, 3.05) is 5.32 Å². The topological polar surface area (TPSA) is 106 Å². The highest BCUT2D eigenvalue weighted by atomic mass is 16.1. The third-order valence-electron chi connectivity index (χ3n) is 4.15. The fourth-order valence-corrected chi connectivity index (χ4v) is 2.86. The Morgan fingerprint density at radius 3 is 2.59 bits per heavy atom. The smallest absolute Gasteiger partial charge is 0.272 e. The summed E-state index contributed by atoms with van der Waals surface area (Å²) in [6.07, 6.45) is 3.21. The van der Waals surface area contributed by atoms with Gasteiger partial charge in [-0.25, -0.2) is 14.8 Å². The highest BCUT2D eigenvalue weighted by Gasteiger charge is 2.11. The molecule has 27 heavy (non-hydrogen) atoms. The third kappa shape index (κ3) is 3.74. The van der Waals surface area contributed by atoms with Gasteiger partial charge < -0.3 is 5.32 Å². The van der Waals surface area contributed by atoms with Gasteiger partial charge in [0.05, 0.1) is 24.0 Å². The number of amides is 1. The molecule has 1 amide bonds. The quantitative estimate of drug-likeness (QED) is 0.564. The molecule has 0 bridgehead atoms. The summed E-state index contributed by atoms with van der Waals surface area (Å²) in [6.45, 7) is 0.613. The number of anilines is 1. The van der Waals surface area contributed by atoms with Crippen LogP contribution in [0.25, 0.3) is 10.8 Å². The Hall–Kier alpha value is -3.81. The number of fused-ring (bicyclic) bond motifs is 1. The maximum Gasteiger partial charge on any atom is 0.272 e. The molecular weight excluding hydrogens is 344 g/mol. The normalized spacial score (nSPS) is 10.8. The third-order valence-corrected chi connectivity index (χ3v) is 4.15. The number of hydrogen-bond donors (Lipinski definition) is 2. The van der Waals surface area contributed by atoms with Crippen molar-refractivity contribution in [3.8, 4) is 0 Å². The first-order valence-electron chi connectivity index (χ1n) is 8.36. The molecule has 0 radical (unpaired) electrons. The van der Waals surface area contributed by atoms with E-state index in [0.29, 0.717) is 28.7 Å². The van der Waals surface area contributed by atoms with Gasteiger partial charge in [0.25, 0.3) is 5.56 Å². The summed E-state index contributed by atoms with van der Waals surface area (Å²) in [5, 5.41) is 14.6. The first kappa shape index (κ1) is 16.6. The van der Waals surface area contributed by atoms with E-state index in [2.05, 4.69) is 25.6 Å². The molecule has 0 spiro atoms. The summed E-state index contributed by atoms with van der Waals surface area (Å²) in [5.74, 6) is -0.205. The highest BCUT2D eigenvalue weighted by Crippen LogP contribution is 2.15. The van der Waals surface area contributed by atoms with Gasteiger partial charge in [0.2, 0.25) is 5.91 Å². The van der Waals surface area contributed by atoms with Crippen LogP contribution in [-0.4, -0.2) is 30.9 Å². The average molecular weight is 360 g/mol. The van der Waals surface area contributed by atoms with E-state index in [1.54, 1.807) is 29.2 Å². The minimum Gasteiger partial charge on any atom is -0.326 e. The molecule has 4 rings (SSSR count). The lowest BCUT2D eigenvalue weighted by molar-refractivity contribution is -0.115. The summed E-state index contributed by atoms with van der Waals surface area (Å²) in [7, 11) is 0. The number of nitrogens with one attached hydrogen (secondary N) is 2. The molecule has 0 saturated carbocycles. The van der Waals surface area contributed by atoms with Crippen LogP contribution < -0.4 is 10.9 Å². The number of aromatic amines is 1. The number of hydrogen-bond acceptors (Lipinski definition) is 5. The van der Waals surface area contributed by atoms with Gasteiger partial charge in [-0.15, -0.1) is 0 Å². The average Bonchev–Trinajstić information content (AvgIpc) is 3.19. The minimum atomic E-state index is -0.266. The summed E-state index contributed by atoms with van der Waals surface area (Å²) in [4.78, 5) is 28.1. The van der Waals surface area contributed by atoms with Crippen molar-refractivity contribution < 1.29 is 4.79 Å². The SMILES string of the molecule is O=C(Cc1n[nH]c(=O)c2ccccc12)Nc1ccc(Cn2cncn2)cc1. The van der Waals surface area contributed by atoms with E-state index in [1.165, 1.54) is 6.33 Å². The second-order valence-corrected chi connectivity index (χ2v) is 6.06. The van der Waals surface area contributed by atoms with E-state index in [4.69, 9.17) is 0 Å². The van der Waals surface area contributed by atoms with Gasteiger partial charge in [-0.3, -0.25) is 9.59 Å².